The van der Waals surface area contributed by atoms with Crippen LogP contribution in [0.4, 0.5) is 0 Å². The van der Waals surface area contributed by atoms with Crippen molar-refractivity contribution in [1.82, 2.24) is 14.9 Å². The van der Waals surface area contributed by atoms with E-state index < -0.39 is 19.9 Å². The standard InChI is InChI=1S/C19H26N4O5S2/c1-21(2)23(15-9-11-29(25,26)13-15)19(24)14-6-5-10-22(12-14)18-16-7-3-4-8-17(16)30(27,28)20-18/h3-4,7-8,14-15H,5-6,9-13H2,1-2H3/t14-,15-/m0/s1. The topological polar surface area (TPSA) is 107 Å². The molecular weight excluding hydrogens is 428 g/mol. The third-order valence-corrected chi connectivity index (χ3v) is 8.97. The van der Waals surface area contributed by atoms with E-state index in [-0.39, 0.29) is 34.3 Å². The summed E-state index contributed by atoms with van der Waals surface area (Å²) < 4.78 is 52.7. The van der Waals surface area contributed by atoms with Gasteiger partial charge in [-0.2, -0.15) is 8.42 Å². The molecule has 0 radical (unpaired) electrons. The highest BCUT2D eigenvalue weighted by molar-refractivity contribution is 7.91. The van der Waals surface area contributed by atoms with E-state index in [0.717, 1.165) is 6.42 Å². The van der Waals surface area contributed by atoms with Gasteiger partial charge < -0.3 is 4.90 Å². The summed E-state index contributed by atoms with van der Waals surface area (Å²) >= 11 is 0. The number of carbonyl (C=O) groups is 1. The van der Waals surface area contributed by atoms with E-state index in [2.05, 4.69) is 4.40 Å². The van der Waals surface area contributed by atoms with Gasteiger partial charge in [-0.15, -0.1) is 4.40 Å². The van der Waals surface area contributed by atoms with Crippen molar-refractivity contribution in [1.29, 1.82) is 0 Å². The van der Waals surface area contributed by atoms with Crippen molar-refractivity contribution in [2.45, 2.75) is 30.2 Å². The number of benzene rings is 1. The highest BCUT2D eigenvalue weighted by atomic mass is 32.2. The van der Waals surface area contributed by atoms with Crippen LogP contribution < -0.4 is 0 Å². The first kappa shape index (κ1) is 21.3. The predicted octanol–water partition coefficient (Wildman–Crippen LogP) is 0.340. The number of hydrogen-bond acceptors (Lipinski definition) is 7. The Balaban J connectivity index is 1.56. The van der Waals surface area contributed by atoms with Crippen LogP contribution in [0.3, 0.4) is 0 Å². The van der Waals surface area contributed by atoms with Crippen molar-refractivity contribution >= 4 is 31.6 Å². The summed E-state index contributed by atoms with van der Waals surface area (Å²) in [5.74, 6) is -0.0180. The monoisotopic (exact) mass is 454 g/mol. The Morgan fingerprint density at radius 2 is 1.87 bits per heavy atom. The lowest BCUT2D eigenvalue weighted by Gasteiger charge is -2.40. The van der Waals surface area contributed by atoms with Crippen molar-refractivity contribution in [3.05, 3.63) is 29.8 Å². The van der Waals surface area contributed by atoms with Crippen LogP contribution in [-0.2, 0) is 24.7 Å². The largest absolute Gasteiger partial charge is 0.355 e. The number of likely N-dealkylation sites (tertiary alicyclic amines) is 1. The Kier molecular flexibility index (Phi) is 5.39. The zero-order valence-electron chi connectivity index (χ0n) is 17.1. The lowest BCUT2D eigenvalue weighted by Crippen LogP contribution is -2.54. The van der Waals surface area contributed by atoms with Crippen LogP contribution in [-0.4, -0.2) is 88.2 Å². The molecule has 0 N–H and O–H groups in total. The van der Waals surface area contributed by atoms with Crippen LogP contribution in [0.2, 0.25) is 0 Å². The summed E-state index contributed by atoms with van der Waals surface area (Å²) in [7, 11) is -3.36. The van der Waals surface area contributed by atoms with Gasteiger partial charge >= 0.3 is 0 Å². The Labute approximate surface area is 177 Å². The fourth-order valence-electron chi connectivity index (χ4n) is 4.55. The second-order valence-corrected chi connectivity index (χ2v) is 12.1. The summed E-state index contributed by atoms with van der Waals surface area (Å²) in [6.07, 6.45) is 1.82. The number of rotatable bonds is 3. The quantitative estimate of drug-likeness (QED) is 0.606. The Morgan fingerprint density at radius 1 is 1.13 bits per heavy atom. The summed E-state index contributed by atoms with van der Waals surface area (Å²) in [6, 6.07) is 6.36. The smallest absolute Gasteiger partial charge is 0.285 e. The fraction of sp³-hybridized carbons (Fsp3) is 0.579. The minimum atomic E-state index is -3.72. The minimum Gasteiger partial charge on any atom is -0.355 e. The molecule has 2 fully saturated rings. The average molecular weight is 455 g/mol. The van der Waals surface area contributed by atoms with Crippen LogP contribution in [0, 0.1) is 5.92 Å². The minimum absolute atomic E-state index is 0.0221. The van der Waals surface area contributed by atoms with Gasteiger partial charge in [-0.1, -0.05) is 12.1 Å². The molecule has 2 atom stereocenters. The van der Waals surface area contributed by atoms with Gasteiger partial charge in [0.25, 0.3) is 10.0 Å². The number of fused-ring (bicyclic) bond motifs is 1. The first-order chi connectivity index (χ1) is 14.1. The molecule has 0 unspecified atom stereocenters. The van der Waals surface area contributed by atoms with Gasteiger partial charge in [0.1, 0.15) is 4.90 Å². The number of hydrogen-bond donors (Lipinski definition) is 0. The summed E-state index contributed by atoms with van der Waals surface area (Å²) in [4.78, 5) is 15.4. The maximum atomic E-state index is 13.4. The van der Waals surface area contributed by atoms with Crippen molar-refractivity contribution in [3.8, 4) is 0 Å². The number of nitrogens with zero attached hydrogens (tertiary/aromatic N) is 4. The molecule has 1 amide bonds. The molecular formula is C19H26N4O5S2. The average Bonchev–Trinajstić information content (AvgIpc) is 3.18. The third-order valence-electron chi connectivity index (χ3n) is 5.89. The molecule has 164 valence electrons. The van der Waals surface area contributed by atoms with Gasteiger partial charge in [-0.25, -0.2) is 13.4 Å². The highest BCUT2D eigenvalue weighted by Gasteiger charge is 2.41. The Morgan fingerprint density at radius 3 is 2.53 bits per heavy atom. The van der Waals surface area contributed by atoms with Crippen molar-refractivity contribution < 1.29 is 21.6 Å². The molecule has 11 heteroatoms. The summed E-state index contributed by atoms with van der Waals surface area (Å²) in [5, 5.41) is 3.24. The lowest BCUT2D eigenvalue weighted by atomic mass is 9.95. The molecule has 4 rings (SSSR count). The molecule has 0 spiro atoms. The SMILES string of the molecule is CN(C)N(C(=O)[C@H]1CCCN(C2=NS(=O)(=O)c3ccccc32)C1)[C@H]1CCS(=O)(=O)C1. The molecule has 0 saturated carbocycles. The number of amidine groups is 1. The summed E-state index contributed by atoms with van der Waals surface area (Å²) in [5.41, 5.74) is 0.567. The van der Waals surface area contributed by atoms with Crippen molar-refractivity contribution in [2.75, 3.05) is 38.7 Å². The molecule has 1 aromatic carbocycles. The van der Waals surface area contributed by atoms with Crippen LogP contribution >= 0.6 is 0 Å². The van der Waals surface area contributed by atoms with E-state index in [9.17, 15) is 21.6 Å². The van der Waals surface area contributed by atoms with Crippen molar-refractivity contribution in [2.24, 2.45) is 10.3 Å². The van der Waals surface area contributed by atoms with E-state index >= 15 is 0 Å². The molecule has 2 saturated heterocycles. The summed E-state index contributed by atoms with van der Waals surface area (Å²) in [6.45, 7) is 0.970. The Hall–Kier alpha value is -1.98. The first-order valence-electron chi connectivity index (χ1n) is 9.99. The van der Waals surface area contributed by atoms with Crippen LogP contribution in [0.1, 0.15) is 24.8 Å². The number of sulfone groups is 1. The highest BCUT2D eigenvalue weighted by Crippen LogP contribution is 2.31. The third kappa shape index (κ3) is 3.85. The van der Waals surface area contributed by atoms with E-state index in [1.54, 1.807) is 48.4 Å². The number of hydrazine groups is 1. The van der Waals surface area contributed by atoms with Crippen LogP contribution in [0.25, 0.3) is 0 Å². The molecule has 1 aromatic rings. The first-order valence-corrected chi connectivity index (χ1v) is 13.3. The molecule has 9 nitrogen and oxygen atoms in total. The predicted molar refractivity (Wildman–Crippen MR) is 112 cm³/mol. The number of piperidine rings is 1. The van der Waals surface area contributed by atoms with Gasteiger partial charge in [-0.3, -0.25) is 9.80 Å². The normalized spacial score (nSPS) is 27.0. The van der Waals surface area contributed by atoms with Gasteiger partial charge in [0.2, 0.25) is 5.91 Å². The molecule has 3 aliphatic rings. The lowest BCUT2D eigenvalue weighted by molar-refractivity contribution is -0.155. The Bertz CT molecular complexity index is 1100. The second-order valence-electron chi connectivity index (χ2n) is 8.26. The van der Waals surface area contributed by atoms with Crippen molar-refractivity contribution in [3.63, 3.8) is 0 Å². The van der Waals surface area contributed by atoms with Crippen LogP contribution in [0.15, 0.2) is 33.6 Å². The maximum Gasteiger partial charge on any atom is 0.285 e. The van der Waals surface area contributed by atoms with Gasteiger partial charge in [0.15, 0.2) is 15.7 Å². The van der Waals surface area contributed by atoms with Crippen LogP contribution in [0.5, 0.6) is 0 Å². The molecule has 0 aliphatic carbocycles. The molecule has 0 bridgehead atoms. The second kappa shape index (κ2) is 7.61. The van der Waals surface area contributed by atoms with Gasteiger partial charge in [0, 0.05) is 32.7 Å². The maximum absolute atomic E-state index is 13.4. The molecule has 3 aliphatic heterocycles. The molecule has 0 aromatic heterocycles. The molecule has 3 heterocycles. The van der Waals surface area contributed by atoms with E-state index in [4.69, 9.17) is 0 Å². The zero-order chi connectivity index (χ0) is 21.7. The van der Waals surface area contributed by atoms with E-state index in [1.165, 1.54) is 0 Å². The fourth-order valence-corrected chi connectivity index (χ4v) is 7.47. The number of amides is 1. The van der Waals surface area contributed by atoms with E-state index in [0.29, 0.717) is 37.3 Å². The number of carbonyl (C=O) groups excluding carboxylic acids is 1. The zero-order valence-corrected chi connectivity index (χ0v) is 18.7. The van der Waals surface area contributed by atoms with Gasteiger partial charge in [-0.05, 0) is 31.4 Å². The number of sulfonamides is 1. The molecule has 30 heavy (non-hydrogen) atoms. The van der Waals surface area contributed by atoms with Gasteiger partial charge in [0.05, 0.1) is 23.5 Å². The van der Waals surface area contributed by atoms with E-state index in [1.807, 2.05) is 4.90 Å².